The number of rotatable bonds is 3. The Kier molecular flexibility index (Phi) is 4.39. The number of nitrogens with zero attached hydrogens (tertiary/aromatic N) is 2. The quantitative estimate of drug-likeness (QED) is 0.838. The molecule has 0 amide bonds. The first kappa shape index (κ1) is 18.3. The fourth-order valence-electron chi connectivity index (χ4n) is 4.01. The predicted molar refractivity (Wildman–Crippen MR) is 103 cm³/mol. The number of piperazine rings is 1. The summed E-state index contributed by atoms with van der Waals surface area (Å²) < 4.78 is 17.1. The Morgan fingerprint density at radius 3 is 2.70 bits per heavy atom. The highest BCUT2D eigenvalue weighted by Crippen LogP contribution is 2.42. The van der Waals surface area contributed by atoms with E-state index in [9.17, 15) is 14.7 Å². The third kappa shape index (κ3) is 2.89. The summed E-state index contributed by atoms with van der Waals surface area (Å²) in [7, 11) is 0. The molecule has 1 saturated heterocycles. The lowest BCUT2D eigenvalue weighted by molar-refractivity contribution is 0.0695. The highest BCUT2D eigenvalue weighted by Gasteiger charge is 2.32. The molecule has 144 valence electrons. The second kappa shape index (κ2) is 6.49. The number of benzene rings is 1. The lowest BCUT2D eigenvalue weighted by Gasteiger charge is -2.35. The number of aryl methyl sites for hydroxylation is 1. The first-order chi connectivity index (χ1) is 12.8. The fraction of sp³-hybridized carbons (Fsp3) is 0.474. The number of carbonyl (C=O) groups is 1. The molecule has 1 unspecified atom stereocenters. The SMILES string of the molecule is Cc1c(N2CCNC(C)C2)c(F)c(Cl)c2c(=O)c(C(=O)O)cn(C3CC3)c12. The van der Waals surface area contributed by atoms with E-state index in [-0.39, 0.29) is 28.1 Å². The summed E-state index contributed by atoms with van der Waals surface area (Å²) in [5.74, 6) is -1.98. The van der Waals surface area contributed by atoms with Crippen molar-refractivity contribution in [2.45, 2.75) is 38.8 Å². The number of hydrogen-bond acceptors (Lipinski definition) is 4. The Bertz CT molecular complexity index is 1020. The van der Waals surface area contributed by atoms with E-state index in [1.807, 2.05) is 11.8 Å². The van der Waals surface area contributed by atoms with Gasteiger partial charge in [0.1, 0.15) is 5.56 Å². The largest absolute Gasteiger partial charge is 0.477 e. The first-order valence-corrected chi connectivity index (χ1v) is 9.47. The number of pyridine rings is 1. The monoisotopic (exact) mass is 393 g/mol. The molecule has 2 N–H and O–H groups in total. The fourth-order valence-corrected chi connectivity index (χ4v) is 4.28. The van der Waals surface area contributed by atoms with Crippen molar-refractivity contribution in [2.24, 2.45) is 0 Å². The van der Waals surface area contributed by atoms with Crippen molar-refractivity contribution in [1.29, 1.82) is 0 Å². The van der Waals surface area contributed by atoms with Crippen molar-refractivity contribution in [3.05, 3.63) is 38.4 Å². The van der Waals surface area contributed by atoms with Gasteiger partial charge in [0.2, 0.25) is 5.43 Å². The van der Waals surface area contributed by atoms with Gasteiger partial charge in [-0.3, -0.25) is 4.79 Å². The van der Waals surface area contributed by atoms with E-state index in [1.54, 1.807) is 11.5 Å². The molecular formula is C19H21ClFN3O3. The molecule has 0 bridgehead atoms. The van der Waals surface area contributed by atoms with Gasteiger partial charge in [0.05, 0.1) is 21.6 Å². The Hall–Kier alpha value is -2.12. The van der Waals surface area contributed by atoms with Crippen LogP contribution in [0.5, 0.6) is 0 Å². The number of hydrogen-bond donors (Lipinski definition) is 2. The molecule has 1 aliphatic carbocycles. The Balaban J connectivity index is 2.06. The van der Waals surface area contributed by atoms with Gasteiger partial charge in [0.25, 0.3) is 0 Å². The number of carboxylic acids is 1. The van der Waals surface area contributed by atoms with Crippen LogP contribution in [0, 0.1) is 12.7 Å². The highest BCUT2D eigenvalue weighted by molar-refractivity contribution is 6.36. The minimum absolute atomic E-state index is 0.0367. The summed E-state index contributed by atoms with van der Waals surface area (Å²) in [6.45, 7) is 5.79. The number of fused-ring (bicyclic) bond motifs is 1. The molecule has 1 atom stereocenters. The van der Waals surface area contributed by atoms with E-state index in [0.717, 1.165) is 19.4 Å². The molecule has 6 nitrogen and oxygen atoms in total. The van der Waals surface area contributed by atoms with Gasteiger partial charge in [0, 0.05) is 37.9 Å². The van der Waals surface area contributed by atoms with Crippen molar-refractivity contribution in [3.63, 3.8) is 0 Å². The summed E-state index contributed by atoms with van der Waals surface area (Å²) in [6, 6.07) is 0.313. The summed E-state index contributed by atoms with van der Waals surface area (Å²) in [4.78, 5) is 26.2. The normalized spacial score (nSPS) is 20.3. The van der Waals surface area contributed by atoms with E-state index >= 15 is 4.39 Å². The standard InChI is InChI=1S/C19H21ClFN3O3/c1-9-7-23(6-5-22-9)17-10(2)16-13(14(20)15(17)21)18(25)12(19(26)27)8-24(16)11-3-4-11/h8-9,11,22H,3-7H2,1-2H3,(H,26,27). The van der Waals surface area contributed by atoms with Crippen LogP contribution in [0.2, 0.25) is 5.02 Å². The van der Waals surface area contributed by atoms with Crippen molar-refractivity contribution in [2.75, 3.05) is 24.5 Å². The van der Waals surface area contributed by atoms with E-state index in [0.29, 0.717) is 29.9 Å². The molecule has 27 heavy (non-hydrogen) atoms. The zero-order valence-electron chi connectivity index (χ0n) is 15.2. The average Bonchev–Trinajstić information content (AvgIpc) is 3.44. The minimum Gasteiger partial charge on any atom is -0.477 e. The van der Waals surface area contributed by atoms with Crippen LogP contribution in [0.3, 0.4) is 0 Å². The molecule has 2 fully saturated rings. The van der Waals surface area contributed by atoms with E-state index < -0.39 is 17.2 Å². The lowest BCUT2D eigenvalue weighted by atomic mass is 10.0. The van der Waals surface area contributed by atoms with Crippen LogP contribution in [0.25, 0.3) is 10.9 Å². The van der Waals surface area contributed by atoms with Crippen LogP contribution in [0.4, 0.5) is 10.1 Å². The molecule has 8 heteroatoms. The van der Waals surface area contributed by atoms with Gasteiger partial charge in [-0.25, -0.2) is 9.18 Å². The maximum Gasteiger partial charge on any atom is 0.341 e. The van der Waals surface area contributed by atoms with Gasteiger partial charge >= 0.3 is 5.97 Å². The zero-order chi connectivity index (χ0) is 19.5. The number of halogens is 2. The molecule has 4 rings (SSSR count). The maximum atomic E-state index is 15.3. The second-order valence-electron chi connectivity index (χ2n) is 7.44. The van der Waals surface area contributed by atoms with E-state index in [1.165, 1.54) is 6.20 Å². The second-order valence-corrected chi connectivity index (χ2v) is 7.82. The molecule has 1 aromatic carbocycles. The highest BCUT2D eigenvalue weighted by atomic mass is 35.5. The molecule has 2 aliphatic rings. The number of nitrogens with one attached hydrogen (secondary N) is 1. The first-order valence-electron chi connectivity index (χ1n) is 9.09. The smallest absolute Gasteiger partial charge is 0.341 e. The van der Waals surface area contributed by atoms with Crippen molar-refractivity contribution >= 4 is 34.2 Å². The van der Waals surface area contributed by atoms with Crippen LogP contribution in [-0.2, 0) is 0 Å². The number of anilines is 1. The van der Waals surface area contributed by atoms with Gasteiger partial charge in [-0.2, -0.15) is 0 Å². The zero-order valence-corrected chi connectivity index (χ0v) is 15.9. The van der Waals surface area contributed by atoms with Gasteiger partial charge in [-0.1, -0.05) is 11.6 Å². The molecular weight excluding hydrogens is 373 g/mol. The molecule has 1 saturated carbocycles. The third-order valence-corrected chi connectivity index (χ3v) is 5.78. The van der Waals surface area contributed by atoms with Crippen LogP contribution in [0.1, 0.15) is 41.7 Å². The van der Waals surface area contributed by atoms with Crippen molar-refractivity contribution in [1.82, 2.24) is 9.88 Å². The van der Waals surface area contributed by atoms with E-state index in [4.69, 9.17) is 11.6 Å². The van der Waals surface area contributed by atoms with Crippen molar-refractivity contribution in [3.8, 4) is 0 Å². The molecule has 2 heterocycles. The predicted octanol–water partition coefficient (Wildman–Crippen LogP) is 2.93. The van der Waals surface area contributed by atoms with Gasteiger partial charge in [0.15, 0.2) is 5.82 Å². The van der Waals surface area contributed by atoms with Crippen LogP contribution in [0.15, 0.2) is 11.0 Å². The average molecular weight is 394 g/mol. The topological polar surface area (TPSA) is 74.6 Å². The van der Waals surface area contributed by atoms with Crippen LogP contribution >= 0.6 is 11.6 Å². The van der Waals surface area contributed by atoms with Crippen LogP contribution in [-0.4, -0.2) is 41.3 Å². The van der Waals surface area contributed by atoms with Gasteiger partial charge in [-0.15, -0.1) is 0 Å². The molecule has 0 radical (unpaired) electrons. The Morgan fingerprint density at radius 1 is 1.41 bits per heavy atom. The number of aromatic carboxylic acids is 1. The Labute approximate surface area is 160 Å². The van der Waals surface area contributed by atoms with Crippen molar-refractivity contribution < 1.29 is 14.3 Å². The Morgan fingerprint density at radius 2 is 2.11 bits per heavy atom. The summed E-state index contributed by atoms with van der Waals surface area (Å²) >= 11 is 6.31. The summed E-state index contributed by atoms with van der Waals surface area (Å²) in [5.41, 5.74) is 0.458. The van der Waals surface area contributed by atoms with Crippen LogP contribution < -0.4 is 15.6 Å². The number of aromatic nitrogens is 1. The lowest BCUT2D eigenvalue weighted by Crippen LogP contribution is -2.49. The molecule has 0 spiro atoms. The summed E-state index contributed by atoms with van der Waals surface area (Å²) in [5, 5.41) is 12.4. The minimum atomic E-state index is -1.33. The van der Waals surface area contributed by atoms with E-state index in [2.05, 4.69) is 5.32 Å². The maximum absolute atomic E-state index is 15.3. The molecule has 2 aromatic rings. The number of carboxylic acid groups (broad SMARTS) is 1. The third-order valence-electron chi connectivity index (χ3n) is 5.42. The van der Waals surface area contributed by atoms with Gasteiger partial charge < -0.3 is 19.9 Å². The molecule has 1 aromatic heterocycles. The molecule has 1 aliphatic heterocycles. The summed E-state index contributed by atoms with van der Waals surface area (Å²) in [6.07, 6.45) is 3.17. The van der Waals surface area contributed by atoms with Gasteiger partial charge in [-0.05, 0) is 32.3 Å².